The molecule has 1 unspecified atom stereocenters. The van der Waals surface area contributed by atoms with Crippen molar-refractivity contribution in [1.82, 2.24) is 4.98 Å². The Balaban J connectivity index is 2.18. The van der Waals surface area contributed by atoms with Crippen LogP contribution < -0.4 is 4.90 Å². The first-order chi connectivity index (χ1) is 9.11. The summed E-state index contributed by atoms with van der Waals surface area (Å²) in [6.07, 6.45) is 3.74. The van der Waals surface area contributed by atoms with Crippen LogP contribution in [0.3, 0.4) is 0 Å². The summed E-state index contributed by atoms with van der Waals surface area (Å²) in [4.78, 5) is 6.57. The molecule has 0 radical (unpaired) electrons. The number of rotatable bonds is 3. The van der Waals surface area contributed by atoms with Crippen LogP contribution in [-0.4, -0.2) is 31.3 Å². The van der Waals surface area contributed by atoms with E-state index < -0.39 is 0 Å². The van der Waals surface area contributed by atoms with Gasteiger partial charge in [0.25, 0.3) is 0 Å². The Hall–Kier alpha value is -1.60. The molecule has 1 aliphatic heterocycles. The monoisotopic (exact) mass is 259 g/mol. The van der Waals surface area contributed by atoms with E-state index in [4.69, 9.17) is 4.74 Å². The van der Waals surface area contributed by atoms with Crippen LogP contribution >= 0.6 is 0 Å². The van der Waals surface area contributed by atoms with Gasteiger partial charge in [0.05, 0.1) is 11.7 Å². The van der Waals surface area contributed by atoms with Gasteiger partial charge in [0.1, 0.15) is 11.9 Å². The summed E-state index contributed by atoms with van der Waals surface area (Å²) >= 11 is 0. The summed E-state index contributed by atoms with van der Waals surface area (Å²) in [5.41, 5.74) is 2.60. The lowest BCUT2D eigenvalue weighted by Gasteiger charge is -2.28. The molecular formula is C15H21N3O. The average molecular weight is 259 g/mol. The van der Waals surface area contributed by atoms with E-state index >= 15 is 0 Å². The number of ether oxygens (including phenoxy) is 1. The number of nitrogens with zero attached hydrogens (tertiary/aromatic N) is 3. The quantitative estimate of drug-likeness (QED) is 0.837. The zero-order valence-corrected chi connectivity index (χ0v) is 11.9. The van der Waals surface area contributed by atoms with Crippen molar-refractivity contribution in [2.75, 3.05) is 25.1 Å². The maximum Gasteiger partial charge on any atom is 0.146 e. The molecule has 2 rings (SSSR count). The second-order valence-corrected chi connectivity index (χ2v) is 5.26. The van der Waals surface area contributed by atoms with Crippen molar-refractivity contribution in [2.45, 2.75) is 39.2 Å². The highest BCUT2D eigenvalue weighted by Crippen LogP contribution is 2.22. The van der Waals surface area contributed by atoms with Crippen LogP contribution in [0.2, 0.25) is 0 Å². The first-order valence-corrected chi connectivity index (χ1v) is 6.83. The number of anilines is 1. The Morgan fingerprint density at radius 3 is 2.89 bits per heavy atom. The molecule has 0 amide bonds. The molecule has 0 saturated carbocycles. The molecular weight excluding hydrogens is 238 g/mol. The molecule has 19 heavy (non-hydrogen) atoms. The van der Waals surface area contributed by atoms with Crippen molar-refractivity contribution in [3.63, 3.8) is 0 Å². The predicted molar refractivity (Wildman–Crippen MR) is 75.3 cm³/mol. The van der Waals surface area contributed by atoms with E-state index in [1.54, 1.807) is 0 Å². The molecule has 1 atom stereocenters. The van der Waals surface area contributed by atoms with Crippen LogP contribution in [0.15, 0.2) is 6.07 Å². The minimum atomic E-state index is 0.257. The fraction of sp³-hybridized carbons (Fsp3) is 0.600. The van der Waals surface area contributed by atoms with E-state index in [1.807, 2.05) is 27.0 Å². The van der Waals surface area contributed by atoms with Gasteiger partial charge in [0.15, 0.2) is 0 Å². The SMILES string of the molecule is Cc1cc(C)c(C#N)c(N(C)CC2CCCCO2)n1. The summed E-state index contributed by atoms with van der Waals surface area (Å²) in [5, 5.41) is 9.30. The molecule has 4 nitrogen and oxygen atoms in total. The number of likely N-dealkylation sites (N-methyl/N-ethyl adjacent to an activating group) is 1. The van der Waals surface area contributed by atoms with Crippen molar-refractivity contribution >= 4 is 5.82 Å². The third kappa shape index (κ3) is 3.24. The first kappa shape index (κ1) is 13.8. The predicted octanol–water partition coefficient (Wildman–Crippen LogP) is 2.58. The maximum atomic E-state index is 9.30. The molecule has 0 aliphatic carbocycles. The van der Waals surface area contributed by atoms with Crippen LogP contribution in [0.25, 0.3) is 0 Å². The highest BCUT2D eigenvalue weighted by Gasteiger charge is 2.19. The van der Waals surface area contributed by atoms with Gasteiger partial charge in [-0.15, -0.1) is 0 Å². The second kappa shape index (κ2) is 6.03. The van der Waals surface area contributed by atoms with Gasteiger partial charge in [-0.3, -0.25) is 0 Å². The highest BCUT2D eigenvalue weighted by molar-refractivity contribution is 5.57. The van der Waals surface area contributed by atoms with E-state index in [1.165, 1.54) is 6.42 Å². The standard InChI is InChI=1S/C15H21N3O/c1-11-8-12(2)17-15(14(11)9-16)18(3)10-13-6-4-5-7-19-13/h8,13H,4-7,10H2,1-3H3. The Labute approximate surface area is 115 Å². The highest BCUT2D eigenvalue weighted by atomic mass is 16.5. The van der Waals surface area contributed by atoms with Crippen molar-refractivity contribution in [1.29, 1.82) is 5.26 Å². The smallest absolute Gasteiger partial charge is 0.146 e. The molecule has 1 fully saturated rings. The topological polar surface area (TPSA) is 49.2 Å². The number of pyridine rings is 1. The van der Waals surface area contributed by atoms with Gasteiger partial charge < -0.3 is 9.64 Å². The van der Waals surface area contributed by atoms with Gasteiger partial charge >= 0.3 is 0 Å². The molecule has 0 bridgehead atoms. The molecule has 1 saturated heterocycles. The van der Waals surface area contributed by atoms with Gasteiger partial charge in [-0.05, 0) is 44.7 Å². The van der Waals surface area contributed by atoms with Crippen molar-refractivity contribution < 1.29 is 4.74 Å². The summed E-state index contributed by atoms with van der Waals surface area (Å²) in [6.45, 7) is 5.57. The first-order valence-electron chi connectivity index (χ1n) is 6.83. The molecule has 1 aromatic heterocycles. The van der Waals surface area contributed by atoms with Gasteiger partial charge in [-0.25, -0.2) is 4.98 Å². The molecule has 102 valence electrons. The third-order valence-electron chi connectivity index (χ3n) is 3.55. The second-order valence-electron chi connectivity index (χ2n) is 5.26. The van der Waals surface area contributed by atoms with Crippen molar-refractivity contribution in [3.8, 4) is 6.07 Å². The number of aryl methyl sites for hydroxylation is 2. The number of aromatic nitrogens is 1. The summed E-state index contributed by atoms with van der Waals surface area (Å²) in [5.74, 6) is 0.772. The fourth-order valence-electron chi connectivity index (χ4n) is 2.57. The van der Waals surface area contributed by atoms with Crippen molar-refractivity contribution in [2.24, 2.45) is 0 Å². The van der Waals surface area contributed by atoms with Crippen LogP contribution in [0.5, 0.6) is 0 Å². The van der Waals surface area contributed by atoms with E-state index in [-0.39, 0.29) is 6.10 Å². The van der Waals surface area contributed by atoms with Gasteiger partial charge in [0.2, 0.25) is 0 Å². The molecule has 2 heterocycles. The van der Waals surface area contributed by atoms with E-state index in [2.05, 4.69) is 16.0 Å². The third-order valence-corrected chi connectivity index (χ3v) is 3.55. The lowest BCUT2D eigenvalue weighted by Crippen LogP contribution is -2.34. The van der Waals surface area contributed by atoms with E-state index in [9.17, 15) is 5.26 Å². The summed E-state index contributed by atoms with van der Waals surface area (Å²) in [7, 11) is 1.99. The van der Waals surface area contributed by atoms with Crippen LogP contribution in [0.4, 0.5) is 5.82 Å². The molecule has 0 N–H and O–H groups in total. The van der Waals surface area contributed by atoms with Crippen molar-refractivity contribution in [3.05, 3.63) is 22.9 Å². The molecule has 0 aromatic carbocycles. The molecule has 0 spiro atoms. The maximum absolute atomic E-state index is 9.30. The lowest BCUT2D eigenvalue weighted by atomic mass is 10.1. The van der Waals surface area contributed by atoms with E-state index in [0.717, 1.165) is 43.1 Å². The Kier molecular flexibility index (Phi) is 4.39. The normalized spacial score (nSPS) is 18.9. The number of nitriles is 1. The Bertz CT molecular complexity index is 487. The van der Waals surface area contributed by atoms with Gasteiger partial charge in [0, 0.05) is 25.9 Å². The van der Waals surface area contributed by atoms with Gasteiger partial charge in [-0.1, -0.05) is 0 Å². The van der Waals surface area contributed by atoms with Crippen LogP contribution in [0, 0.1) is 25.2 Å². The minimum Gasteiger partial charge on any atom is -0.376 e. The van der Waals surface area contributed by atoms with E-state index in [0.29, 0.717) is 5.56 Å². The number of hydrogen-bond acceptors (Lipinski definition) is 4. The zero-order valence-electron chi connectivity index (χ0n) is 11.9. The van der Waals surface area contributed by atoms with Crippen LogP contribution in [-0.2, 0) is 4.74 Å². The Morgan fingerprint density at radius 2 is 2.26 bits per heavy atom. The summed E-state index contributed by atoms with van der Waals surface area (Å²) in [6, 6.07) is 4.22. The van der Waals surface area contributed by atoms with Crippen LogP contribution in [0.1, 0.15) is 36.1 Å². The average Bonchev–Trinajstić information content (AvgIpc) is 2.39. The summed E-state index contributed by atoms with van der Waals surface area (Å²) < 4.78 is 5.75. The van der Waals surface area contributed by atoms with Gasteiger partial charge in [-0.2, -0.15) is 5.26 Å². The molecule has 4 heteroatoms. The number of hydrogen-bond donors (Lipinski definition) is 0. The largest absolute Gasteiger partial charge is 0.376 e. The fourth-order valence-corrected chi connectivity index (χ4v) is 2.57. The zero-order chi connectivity index (χ0) is 13.8. The lowest BCUT2D eigenvalue weighted by molar-refractivity contribution is 0.0215. The minimum absolute atomic E-state index is 0.257. The Morgan fingerprint density at radius 1 is 1.47 bits per heavy atom. The molecule has 1 aromatic rings. The molecule has 1 aliphatic rings.